The molecule has 6 nitrogen and oxygen atoms in total. The van der Waals surface area contributed by atoms with Gasteiger partial charge in [0, 0.05) is 36.2 Å². The number of carbonyl (C=O) groups is 1. The molecule has 1 fully saturated rings. The zero-order valence-corrected chi connectivity index (χ0v) is 18.4. The van der Waals surface area contributed by atoms with Crippen molar-refractivity contribution in [1.29, 1.82) is 0 Å². The van der Waals surface area contributed by atoms with Gasteiger partial charge >= 0.3 is 0 Å². The van der Waals surface area contributed by atoms with E-state index in [1.54, 1.807) is 18.5 Å². The van der Waals surface area contributed by atoms with Gasteiger partial charge < -0.3 is 15.0 Å². The van der Waals surface area contributed by atoms with Crippen molar-refractivity contribution in [1.82, 2.24) is 9.97 Å². The van der Waals surface area contributed by atoms with Gasteiger partial charge in [-0.2, -0.15) is 0 Å². The number of anilines is 2. The van der Waals surface area contributed by atoms with E-state index in [0.717, 1.165) is 36.2 Å². The predicted octanol–water partition coefficient (Wildman–Crippen LogP) is 5.39. The number of ether oxygens (including phenoxy) is 1. The SMILES string of the molecule is Cc1ccc(Oc2nccnc2N2CCC[C@H](C(=O)Nc3ccc(Cl)cc3C)C2)cc1. The number of benzene rings is 2. The summed E-state index contributed by atoms with van der Waals surface area (Å²) in [5.74, 6) is 1.65. The monoisotopic (exact) mass is 436 g/mol. The lowest BCUT2D eigenvalue weighted by molar-refractivity contribution is -0.120. The third kappa shape index (κ3) is 5.14. The zero-order chi connectivity index (χ0) is 21.8. The molecule has 1 aliphatic rings. The molecule has 0 bridgehead atoms. The fraction of sp³-hybridized carbons (Fsp3) is 0.292. The molecule has 0 spiro atoms. The van der Waals surface area contributed by atoms with E-state index >= 15 is 0 Å². The van der Waals surface area contributed by atoms with Gasteiger partial charge in [0.2, 0.25) is 5.91 Å². The Morgan fingerprint density at radius 2 is 1.90 bits per heavy atom. The highest BCUT2D eigenvalue weighted by atomic mass is 35.5. The van der Waals surface area contributed by atoms with Gasteiger partial charge in [-0.25, -0.2) is 9.97 Å². The third-order valence-electron chi connectivity index (χ3n) is 5.42. The van der Waals surface area contributed by atoms with Crippen LogP contribution in [-0.2, 0) is 4.79 Å². The molecule has 0 unspecified atom stereocenters. The molecule has 7 heteroatoms. The minimum atomic E-state index is -0.155. The molecular weight excluding hydrogens is 412 g/mol. The Labute approximate surface area is 187 Å². The van der Waals surface area contributed by atoms with Crippen LogP contribution in [0.1, 0.15) is 24.0 Å². The van der Waals surface area contributed by atoms with Crippen LogP contribution in [0, 0.1) is 19.8 Å². The van der Waals surface area contributed by atoms with E-state index in [1.165, 1.54) is 0 Å². The van der Waals surface area contributed by atoms with Crippen LogP contribution in [-0.4, -0.2) is 29.0 Å². The topological polar surface area (TPSA) is 67.4 Å². The molecule has 4 rings (SSSR count). The fourth-order valence-electron chi connectivity index (χ4n) is 3.71. The van der Waals surface area contributed by atoms with E-state index in [0.29, 0.717) is 29.0 Å². The van der Waals surface area contributed by atoms with Crippen molar-refractivity contribution >= 4 is 29.0 Å². The quantitative estimate of drug-likeness (QED) is 0.580. The average Bonchev–Trinajstić information content (AvgIpc) is 2.78. The van der Waals surface area contributed by atoms with Crippen LogP contribution < -0.4 is 15.0 Å². The molecule has 0 saturated carbocycles. The first-order valence-electron chi connectivity index (χ1n) is 10.4. The largest absolute Gasteiger partial charge is 0.436 e. The maximum absolute atomic E-state index is 13.0. The number of nitrogens with zero attached hydrogens (tertiary/aromatic N) is 3. The summed E-state index contributed by atoms with van der Waals surface area (Å²) in [6.45, 7) is 5.32. The summed E-state index contributed by atoms with van der Waals surface area (Å²) in [5.41, 5.74) is 2.89. The maximum atomic E-state index is 13.0. The number of hydrogen-bond donors (Lipinski definition) is 1. The molecule has 1 N–H and O–H groups in total. The van der Waals surface area contributed by atoms with E-state index in [9.17, 15) is 4.79 Å². The Morgan fingerprint density at radius 1 is 1.13 bits per heavy atom. The highest BCUT2D eigenvalue weighted by Crippen LogP contribution is 2.31. The molecule has 31 heavy (non-hydrogen) atoms. The van der Waals surface area contributed by atoms with Gasteiger partial charge in [0.1, 0.15) is 5.75 Å². The zero-order valence-electron chi connectivity index (χ0n) is 17.6. The molecule has 0 aliphatic carbocycles. The second-order valence-electron chi connectivity index (χ2n) is 7.83. The highest BCUT2D eigenvalue weighted by molar-refractivity contribution is 6.30. The van der Waals surface area contributed by atoms with Crippen LogP contribution >= 0.6 is 11.6 Å². The number of halogens is 1. The van der Waals surface area contributed by atoms with Gasteiger partial charge in [-0.1, -0.05) is 29.3 Å². The second-order valence-corrected chi connectivity index (χ2v) is 8.27. The van der Waals surface area contributed by atoms with Crippen molar-refractivity contribution in [3.8, 4) is 11.6 Å². The summed E-state index contributed by atoms with van der Waals surface area (Å²) >= 11 is 6.03. The Bertz CT molecular complexity index is 1070. The van der Waals surface area contributed by atoms with Gasteiger partial charge in [-0.15, -0.1) is 0 Å². The van der Waals surface area contributed by atoms with E-state index in [4.69, 9.17) is 16.3 Å². The van der Waals surface area contributed by atoms with E-state index < -0.39 is 0 Å². The van der Waals surface area contributed by atoms with Gasteiger partial charge in [-0.05, 0) is 62.6 Å². The summed E-state index contributed by atoms with van der Waals surface area (Å²) in [7, 11) is 0. The number of hydrogen-bond acceptors (Lipinski definition) is 5. The Morgan fingerprint density at radius 3 is 2.68 bits per heavy atom. The molecule has 1 aromatic heterocycles. The summed E-state index contributed by atoms with van der Waals surface area (Å²) in [6, 6.07) is 13.3. The number of carbonyl (C=O) groups excluding carboxylic acids is 1. The summed E-state index contributed by atoms with van der Waals surface area (Å²) < 4.78 is 6.01. The van der Waals surface area contributed by atoms with Crippen LogP contribution in [0.2, 0.25) is 5.02 Å². The second kappa shape index (κ2) is 9.35. The van der Waals surface area contributed by atoms with Crippen LogP contribution in [0.15, 0.2) is 54.9 Å². The number of aromatic nitrogens is 2. The van der Waals surface area contributed by atoms with Crippen molar-refractivity contribution in [2.75, 3.05) is 23.3 Å². The maximum Gasteiger partial charge on any atom is 0.263 e. The highest BCUT2D eigenvalue weighted by Gasteiger charge is 2.29. The lowest BCUT2D eigenvalue weighted by Crippen LogP contribution is -2.41. The number of rotatable bonds is 5. The molecule has 0 radical (unpaired) electrons. The average molecular weight is 437 g/mol. The first kappa shape index (κ1) is 21.1. The number of nitrogens with one attached hydrogen (secondary N) is 1. The minimum Gasteiger partial charge on any atom is -0.436 e. The van der Waals surface area contributed by atoms with Crippen molar-refractivity contribution in [3.63, 3.8) is 0 Å². The van der Waals surface area contributed by atoms with E-state index in [2.05, 4.69) is 20.2 Å². The molecule has 1 amide bonds. The number of amides is 1. The van der Waals surface area contributed by atoms with Crippen LogP contribution in [0.3, 0.4) is 0 Å². The van der Waals surface area contributed by atoms with E-state index in [-0.39, 0.29) is 11.8 Å². The lowest BCUT2D eigenvalue weighted by atomic mass is 9.97. The Kier molecular flexibility index (Phi) is 6.37. The van der Waals surface area contributed by atoms with Crippen molar-refractivity contribution < 1.29 is 9.53 Å². The summed E-state index contributed by atoms with van der Waals surface area (Å²) in [6.07, 6.45) is 4.98. The summed E-state index contributed by atoms with van der Waals surface area (Å²) in [5, 5.41) is 3.70. The number of aryl methyl sites for hydroxylation is 2. The summed E-state index contributed by atoms with van der Waals surface area (Å²) in [4.78, 5) is 23.9. The smallest absolute Gasteiger partial charge is 0.263 e. The van der Waals surface area contributed by atoms with E-state index in [1.807, 2.05) is 50.2 Å². The third-order valence-corrected chi connectivity index (χ3v) is 5.66. The first-order chi connectivity index (χ1) is 15.0. The fourth-order valence-corrected chi connectivity index (χ4v) is 3.94. The van der Waals surface area contributed by atoms with Gasteiger partial charge in [0.25, 0.3) is 5.88 Å². The number of piperidine rings is 1. The predicted molar refractivity (Wildman–Crippen MR) is 123 cm³/mol. The standard InChI is InChI=1S/C24H25ClN4O2/c1-16-5-8-20(9-6-16)31-24-22(26-11-12-27-24)29-13-3-4-18(15-29)23(30)28-21-10-7-19(25)14-17(21)2/h5-12,14,18H,3-4,13,15H2,1-2H3,(H,28,30)/t18-/m0/s1. The van der Waals surface area contributed by atoms with Crippen molar-refractivity contribution in [2.24, 2.45) is 5.92 Å². The molecule has 2 aromatic carbocycles. The molecule has 160 valence electrons. The normalized spacial score (nSPS) is 16.1. The first-order valence-corrected chi connectivity index (χ1v) is 10.7. The molecule has 3 aromatic rings. The van der Waals surface area contributed by atoms with Gasteiger partial charge in [0.05, 0.1) is 5.92 Å². The van der Waals surface area contributed by atoms with Gasteiger partial charge in [0.15, 0.2) is 5.82 Å². The van der Waals surface area contributed by atoms with Gasteiger partial charge in [-0.3, -0.25) is 4.79 Å². The Balaban J connectivity index is 1.48. The molecular formula is C24H25ClN4O2. The minimum absolute atomic E-state index is 0.0000145. The molecule has 1 atom stereocenters. The molecule has 2 heterocycles. The van der Waals surface area contributed by atoms with Crippen LogP contribution in [0.4, 0.5) is 11.5 Å². The molecule has 1 saturated heterocycles. The van der Waals surface area contributed by atoms with Crippen LogP contribution in [0.25, 0.3) is 0 Å². The van der Waals surface area contributed by atoms with Crippen molar-refractivity contribution in [3.05, 3.63) is 71.0 Å². The van der Waals surface area contributed by atoms with Crippen molar-refractivity contribution in [2.45, 2.75) is 26.7 Å². The lowest BCUT2D eigenvalue weighted by Gasteiger charge is -2.33. The Hall–Kier alpha value is -3.12. The molecule has 1 aliphatic heterocycles. The van der Waals surface area contributed by atoms with Crippen LogP contribution in [0.5, 0.6) is 11.6 Å².